The molecule has 0 bridgehead atoms. The van der Waals surface area contributed by atoms with E-state index >= 15 is 0 Å². The fourth-order valence-electron chi connectivity index (χ4n) is 21.5. The molecule has 0 fully saturated rings. The van der Waals surface area contributed by atoms with Crippen molar-refractivity contribution in [3.8, 4) is 136 Å². The van der Waals surface area contributed by atoms with Gasteiger partial charge in [0.05, 0.1) is 0 Å². The van der Waals surface area contributed by atoms with Crippen molar-refractivity contribution < 1.29 is 0 Å². The molecule has 0 N–H and O–H groups in total. The maximum absolute atomic E-state index is 5.23. The molecule has 147 heavy (non-hydrogen) atoms. The van der Waals surface area contributed by atoms with Crippen LogP contribution in [0.25, 0.3) is 291 Å². The standard InChI is InChI=1S/3C45H27N3Se/c1-3-12-29(13-4-1)43-46-44(30-14-5-2-6-15-30)48-45(47-43)40-20-10-19-39-38-18-9-17-35(41(38)49-42(39)40)32-22-24-34-31(27-32)23-26-36-33-16-8-7-11-28(33)21-25-37(34)36;1-3-11-28(12-4-1)35-17-9-18-38-41-39(19-10-20-40(41)49-42(35)38)45-47-43(30-14-5-2-6-15-30)46-44(48-45)32-23-24-34-31(27-32)22-26-36-33-16-8-7-13-29(33)21-25-37(34)36;1-3-11-28(12-4-1)35-17-9-18-38-39-19-10-20-40(42(39)49-41(35)38)45-47-43(30-14-5-2-6-15-30)46-44(48-45)32-23-24-34-31(27-32)22-26-36-33-16-8-7-13-29(33)21-25-37(34)36/h3*1-27H. The molecule has 24 aromatic carbocycles. The molecule has 0 amide bonds. The molecule has 9 nitrogen and oxygen atoms in total. The Labute approximate surface area is 863 Å². The molecule has 30 rings (SSSR count). The molecule has 0 spiro atoms. The Morgan fingerprint density at radius 1 is 0.116 bits per heavy atom. The van der Waals surface area contributed by atoms with E-state index in [4.69, 9.17) is 44.9 Å². The number of benzene rings is 24. The van der Waals surface area contributed by atoms with Crippen molar-refractivity contribution in [1.29, 1.82) is 0 Å². The van der Waals surface area contributed by atoms with Crippen LogP contribution in [-0.4, -0.2) is 88.4 Å². The first-order valence-corrected chi connectivity index (χ1v) is 54.5. The summed E-state index contributed by atoms with van der Waals surface area (Å²) >= 11 is 0.306. The Morgan fingerprint density at radius 3 is 0.694 bits per heavy atom. The number of rotatable bonds is 12. The third kappa shape index (κ3) is 15.7. The fourth-order valence-corrected chi connectivity index (χ4v) is 29.8. The first-order chi connectivity index (χ1) is 72.8. The summed E-state index contributed by atoms with van der Waals surface area (Å²) in [6, 6.07) is 175. The van der Waals surface area contributed by atoms with Crippen LogP contribution in [0.15, 0.2) is 491 Å². The van der Waals surface area contributed by atoms with E-state index in [1.807, 2.05) is 72.8 Å². The zero-order chi connectivity index (χ0) is 96.9. The van der Waals surface area contributed by atoms with Gasteiger partial charge in [0.25, 0.3) is 0 Å². The molecule has 0 radical (unpaired) electrons. The van der Waals surface area contributed by atoms with Gasteiger partial charge in [-0.05, 0) is 16.2 Å². The summed E-state index contributed by atoms with van der Waals surface area (Å²) in [5, 5.41) is 30.3. The molecule has 0 unspecified atom stereocenters. The molecule has 0 aliphatic carbocycles. The van der Waals surface area contributed by atoms with E-state index in [0.717, 1.165) is 60.8 Å². The number of fused-ring (bicyclic) bond motifs is 24. The van der Waals surface area contributed by atoms with Gasteiger partial charge in [-0.2, -0.15) is 0 Å². The van der Waals surface area contributed by atoms with Gasteiger partial charge >= 0.3 is 800 Å². The van der Waals surface area contributed by atoms with Crippen LogP contribution in [-0.2, 0) is 0 Å². The molecular weight excluding hydrogens is 1980 g/mol. The summed E-state index contributed by atoms with van der Waals surface area (Å²) in [5.41, 5.74) is 16.7. The second-order valence-corrected chi connectivity index (χ2v) is 43.7. The first-order valence-electron chi connectivity index (χ1n) is 49.3. The van der Waals surface area contributed by atoms with Crippen LogP contribution < -0.4 is 0 Å². The third-order valence-electron chi connectivity index (χ3n) is 28.6. The van der Waals surface area contributed by atoms with Crippen molar-refractivity contribution in [2.75, 3.05) is 0 Å². The van der Waals surface area contributed by atoms with Gasteiger partial charge in [0, 0.05) is 0 Å². The zero-order valence-corrected chi connectivity index (χ0v) is 84.2. The second-order valence-electron chi connectivity index (χ2n) is 37.2. The van der Waals surface area contributed by atoms with E-state index in [0.29, 0.717) is 52.4 Å². The molecule has 0 saturated carbocycles. The molecule has 0 aliphatic heterocycles. The van der Waals surface area contributed by atoms with Crippen LogP contribution in [0.1, 0.15) is 0 Å². The summed E-state index contributed by atoms with van der Waals surface area (Å²) in [5.74, 6) is 6.18. The normalized spacial score (nSPS) is 11.7. The second kappa shape index (κ2) is 36.9. The van der Waals surface area contributed by atoms with Gasteiger partial charge < -0.3 is 0 Å². The minimum absolute atomic E-state index is 0.0571. The van der Waals surface area contributed by atoms with Crippen LogP contribution in [0.2, 0.25) is 0 Å². The van der Waals surface area contributed by atoms with E-state index in [1.54, 1.807) is 0 Å². The predicted molar refractivity (Wildman–Crippen MR) is 618 cm³/mol. The molecule has 0 atom stereocenters. The third-order valence-corrected chi connectivity index (χ3v) is 36.5. The SMILES string of the molecule is c1ccc(-c2nc(-c3ccc4c(ccc5c6ccccc6ccc45)c3)nc(-c3cccc4[se]c5c(-c6ccccc6)cccc5c34)n2)cc1.c1ccc(-c2nc(-c3ccc4c(ccc5c6ccccc6ccc45)c3)nc(-c3cccc4c3[se]c3c(-c5ccccc5)cccc34)n2)cc1.c1ccc(-c2nc(-c3ccccc3)nc(-c3cccc4c3[se]c3c(-c5ccc6c(ccc7c8ccccc8ccc67)c5)cccc34)n2)cc1. The molecule has 6 aromatic heterocycles. The van der Waals surface area contributed by atoms with E-state index in [2.05, 4.69) is 419 Å². The van der Waals surface area contributed by atoms with E-state index in [1.165, 1.54) is 177 Å². The molecule has 0 saturated heterocycles. The quantitative estimate of drug-likeness (QED) is 0.0871. The summed E-state index contributed by atoms with van der Waals surface area (Å²) in [4.78, 5) is 46.0. The van der Waals surface area contributed by atoms with Crippen LogP contribution in [0, 0.1) is 0 Å². The zero-order valence-electron chi connectivity index (χ0n) is 79.0. The summed E-state index contributed by atoms with van der Waals surface area (Å²) < 4.78 is 8.23. The molecule has 684 valence electrons. The number of hydrogen-bond donors (Lipinski definition) is 0. The fraction of sp³-hybridized carbons (Fsp3) is 0. The Balaban J connectivity index is 0.000000107. The first kappa shape index (κ1) is 87.0. The Kier molecular flexibility index (Phi) is 21.8. The topological polar surface area (TPSA) is 116 Å². The molecule has 6 heterocycles. The monoisotopic (exact) mass is 2070 g/mol. The van der Waals surface area contributed by atoms with Crippen molar-refractivity contribution in [2.24, 2.45) is 0 Å². The van der Waals surface area contributed by atoms with Crippen molar-refractivity contribution in [2.45, 2.75) is 0 Å². The Morgan fingerprint density at radius 2 is 0.340 bits per heavy atom. The number of aromatic nitrogens is 9. The predicted octanol–water partition coefficient (Wildman–Crippen LogP) is 34.1. The van der Waals surface area contributed by atoms with Crippen molar-refractivity contribution >= 4 is 198 Å². The van der Waals surface area contributed by atoms with Crippen LogP contribution in [0.4, 0.5) is 0 Å². The van der Waals surface area contributed by atoms with Crippen LogP contribution >= 0.6 is 0 Å². The average Bonchev–Trinajstić information content (AvgIpc) is 1.60. The Hall–Kier alpha value is -17.8. The van der Waals surface area contributed by atoms with Gasteiger partial charge in [-0.25, -0.2) is 0 Å². The summed E-state index contributed by atoms with van der Waals surface area (Å²) in [7, 11) is 0. The van der Waals surface area contributed by atoms with Gasteiger partial charge in [-0.1, -0.05) is 54.6 Å². The summed E-state index contributed by atoms with van der Waals surface area (Å²) in [6.45, 7) is 0. The van der Waals surface area contributed by atoms with Gasteiger partial charge in [0.15, 0.2) is 0 Å². The summed E-state index contributed by atoms with van der Waals surface area (Å²) in [6.07, 6.45) is 0. The molecule has 30 aromatic rings. The van der Waals surface area contributed by atoms with Crippen LogP contribution in [0.5, 0.6) is 0 Å². The Bertz CT molecular complexity index is 10400. The van der Waals surface area contributed by atoms with Gasteiger partial charge in [0.1, 0.15) is 0 Å². The van der Waals surface area contributed by atoms with Gasteiger partial charge in [0.2, 0.25) is 0 Å². The molecular formula is C135H81N9Se3. The average molecular weight is 2070 g/mol. The number of nitrogens with zero attached hydrogens (tertiary/aromatic N) is 9. The van der Waals surface area contributed by atoms with E-state index in [9.17, 15) is 0 Å². The molecule has 0 aliphatic rings. The maximum atomic E-state index is 5.23. The van der Waals surface area contributed by atoms with Crippen LogP contribution in [0.3, 0.4) is 0 Å². The number of hydrogen-bond acceptors (Lipinski definition) is 9. The van der Waals surface area contributed by atoms with Crippen molar-refractivity contribution in [1.82, 2.24) is 44.9 Å². The van der Waals surface area contributed by atoms with Gasteiger partial charge in [-0.3, -0.25) is 0 Å². The minimum atomic E-state index is 0.0571. The van der Waals surface area contributed by atoms with E-state index < -0.39 is 0 Å². The van der Waals surface area contributed by atoms with Crippen molar-refractivity contribution in [3.63, 3.8) is 0 Å². The van der Waals surface area contributed by atoms with Gasteiger partial charge in [-0.15, -0.1) is 0 Å². The van der Waals surface area contributed by atoms with Crippen molar-refractivity contribution in [3.05, 3.63) is 491 Å². The van der Waals surface area contributed by atoms with E-state index in [-0.39, 0.29) is 43.5 Å². The molecule has 12 heteroatoms.